The smallest absolute Gasteiger partial charge is 0.246 e. The lowest BCUT2D eigenvalue weighted by Gasteiger charge is -2.17. The molecule has 2 aromatic rings. The molecular weight excluding hydrogens is 281 g/mol. The molecule has 1 aromatic carbocycles. The number of nitrogens with zero attached hydrogens (tertiary/aromatic N) is 2. The van der Waals surface area contributed by atoms with Crippen LogP contribution in [0, 0.1) is 19.7 Å². The second kappa shape index (κ2) is 5.34. The Morgan fingerprint density at radius 1 is 1.30 bits per heavy atom. The first-order chi connectivity index (χ1) is 9.34. The Kier molecular flexibility index (Phi) is 3.92. The van der Waals surface area contributed by atoms with Crippen LogP contribution >= 0.6 is 0 Å². The first-order valence-electron chi connectivity index (χ1n) is 6.05. The molecule has 20 heavy (non-hydrogen) atoms. The van der Waals surface area contributed by atoms with Gasteiger partial charge in [0.15, 0.2) is 0 Å². The monoisotopic (exact) mass is 297 g/mol. The van der Waals surface area contributed by atoms with Gasteiger partial charge in [0.2, 0.25) is 10.0 Å². The van der Waals surface area contributed by atoms with E-state index < -0.39 is 15.8 Å². The van der Waals surface area contributed by atoms with Crippen molar-refractivity contribution in [3.05, 3.63) is 47.0 Å². The summed E-state index contributed by atoms with van der Waals surface area (Å²) in [5.41, 5.74) is 1.21. The topological polar surface area (TPSA) is 66.1 Å². The van der Waals surface area contributed by atoms with Crippen LogP contribution < -0.4 is 0 Å². The van der Waals surface area contributed by atoms with Gasteiger partial charge in [-0.25, -0.2) is 12.8 Å². The van der Waals surface area contributed by atoms with E-state index in [0.717, 1.165) is 4.31 Å². The fraction of sp³-hybridized carbons (Fsp3) is 0.308. The minimum Gasteiger partial charge on any atom is -0.281 e. The van der Waals surface area contributed by atoms with Crippen molar-refractivity contribution in [1.29, 1.82) is 0 Å². The fourth-order valence-electron chi connectivity index (χ4n) is 2.03. The first-order valence-corrected chi connectivity index (χ1v) is 7.49. The lowest BCUT2D eigenvalue weighted by Crippen LogP contribution is -2.27. The van der Waals surface area contributed by atoms with Crippen molar-refractivity contribution >= 4 is 10.0 Å². The molecule has 0 aliphatic heterocycles. The van der Waals surface area contributed by atoms with Gasteiger partial charge in [-0.3, -0.25) is 5.10 Å². The predicted molar refractivity (Wildman–Crippen MR) is 73.1 cm³/mol. The van der Waals surface area contributed by atoms with Gasteiger partial charge in [0.1, 0.15) is 10.7 Å². The number of sulfonamides is 1. The largest absolute Gasteiger partial charge is 0.281 e. The van der Waals surface area contributed by atoms with Crippen molar-refractivity contribution in [2.24, 2.45) is 0 Å². The molecule has 1 aromatic heterocycles. The Bertz CT molecular complexity index is 705. The van der Waals surface area contributed by atoms with Crippen LogP contribution in [0.2, 0.25) is 0 Å². The van der Waals surface area contributed by atoms with Gasteiger partial charge in [0.05, 0.1) is 11.4 Å². The maximum atomic E-state index is 13.6. The van der Waals surface area contributed by atoms with E-state index in [0.29, 0.717) is 17.0 Å². The number of benzene rings is 1. The van der Waals surface area contributed by atoms with E-state index in [4.69, 9.17) is 0 Å². The number of rotatable bonds is 4. The van der Waals surface area contributed by atoms with E-state index in [1.165, 1.54) is 13.1 Å². The van der Waals surface area contributed by atoms with E-state index in [9.17, 15) is 12.8 Å². The number of hydrogen-bond acceptors (Lipinski definition) is 3. The zero-order valence-electron chi connectivity index (χ0n) is 11.5. The summed E-state index contributed by atoms with van der Waals surface area (Å²) in [6.07, 6.45) is 0. The number of aromatic amines is 1. The predicted octanol–water partition coefficient (Wildman–Crippen LogP) is 1.99. The van der Waals surface area contributed by atoms with Crippen LogP contribution in [0.5, 0.6) is 0 Å². The van der Waals surface area contributed by atoms with Crippen molar-refractivity contribution in [3.63, 3.8) is 0 Å². The summed E-state index contributed by atoms with van der Waals surface area (Å²) in [5.74, 6) is -0.421. The lowest BCUT2D eigenvalue weighted by molar-refractivity contribution is 0.455. The number of aryl methyl sites for hydroxylation is 2. The molecule has 7 heteroatoms. The van der Waals surface area contributed by atoms with Crippen LogP contribution in [-0.4, -0.2) is 30.0 Å². The molecular formula is C13H16FN3O2S. The minimum absolute atomic E-state index is 0.0287. The normalized spacial score (nSPS) is 12.1. The van der Waals surface area contributed by atoms with Crippen LogP contribution in [0.3, 0.4) is 0 Å². The molecule has 0 radical (unpaired) electrons. The second-order valence-corrected chi connectivity index (χ2v) is 6.60. The van der Waals surface area contributed by atoms with Crippen molar-refractivity contribution < 1.29 is 12.8 Å². The molecule has 5 nitrogen and oxygen atoms in total. The molecule has 0 amide bonds. The Morgan fingerprint density at radius 2 is 1.95 bits per heavy atom. The van der Waals surface area contributed by atoms with E-state index in [1.54, 1.807) is 32.0 Å². The van der Waals surface area contributed by atoms with Gasteiger partial charge in [0, 0.05) is 19.2 Å². The molecule has 0 fully saturated rings. The van der Waals surface area contributed by atoms with E-state index in [2.05, 4.69) is 10.2 Å². The zero-order chi connectivity index (χ0) is 14.9. The van der Waals surface area contributed by atoms with Crippen molar-refractivity contribution in [3.8, 4) is 0 Å². The van der Waals surface area contributed by atoms with Crippen molar-refractivity contribution in [2.45, 2.75) is 25.3 Å². The van der Waals surface area contributed by atoms with E-state index in [1.807, 2.05) is 0 Å². The number of aromatic nitrogens is 2. The van der Waals surface area contributed by atoms with Crippen molar-refractivity contribution in [2.75, 3.05) is 7.05 Å². The molecule has 0 spiro atoms. The molecule has 1 heterocycles. The van der Waals surface area contributed by atoms with Crippen LogP contribution in [0.15, 0.2) is 29.2 Å². The summed E-state index contributed by atoms with van der Waals surface area (Å²) in [6, 6.07) is 6.12. The molecule has 0 saturated heterocycles. The van der Waals surface area contributed by atoms with Gasteiger partial charge in [-0.1, -0.05) is 18.2 Å². The Labute approximate surface area is 117 Å². The third-order valence-corrected chi connectivity index (χ3v) is 5.15. The molecule has 108 valence electrons. The molecule has 0 bridgehead atoms. The number of H-pyrrole nitrogens is 1. The molecule has 0 unspecified atom stereocenters. The third kappa shape index (κ3) is 2.59. The minimum atomic E-state index is -3.70. The molecule has 2 rings (SSSR count). The fourth-order valence-corrected chi connectivity index (χ4v) is 3.50. The molecule has 1 N–H and O–H groups in total. The summed E-state index contributed by atoms with van der Waals surface area (Å²) in [7, 11) is -2.27. The summed E-state index contributed by atoms with van der Waals surface area (Å²) >= 11 is 0. The van der Waals surface area contributed by atoms with Gasteiger partial charge in [0.25, 0.3) is 0 Å². The SMILES string of the molecule is Cc1n[nH]c(C)c1S(=O)(=O)N(C)Cc1ccccc1F. The molecule has 0 aliphatic rings. The maximum Gasteiger partial charge on any atom is 0.246 e. The quantitative estimate of drug-likeness (QED) is 0.938. The Hall–Kier alpha value is -1.73. The highest BCUT2D eigenvalue weighted by molar-refractivity contribution is 7.89. The number of nitrogens with one attached hydrogen (secondary N) is 1. The van der Waals surface area contributed by atoms with Crippen LogP contribution in [0.1, 0.15) is 17.0 Å². The summed E-state index contributed by atoms with van der Waals surface area (Å²) in [4.78, 5) is 0.149. The average Bonchev–Trinajstić information content (AvgIpc) is 2.72. The average molecular weight is 297 g/mol. The van der Waals surface area contributed by atoms with Gasteiger partial charge in [-0.05, 0) is 19.9 Å². The van der Waals surface area contributed by atoms with E-state index >= 15 is 0 Å². The van der Waals surface area contributed by atoms with Gasteiger partial charge in [-0.15, -0.1) is 0 Å². The summed E-state index contributed by atoms with van der Waals surface area (Å²) in [5, 5.41) is 6.53. The van der Waals surface area contributed by atoms with Crippen LogP contribution in [-0.2, 0) is 16.6 Å². The van der Waals surface area contributed by atoms with Crippen LogP contribution in [0.25, 0.3) is 0 Å². The van der Waals surface area contributed by atoms with Gasteiger partial charge >= 0.3 is 0 Å². The number of hydrogen-bond donors (Lipinski definition) is 1. The Morgan fingerprint density at radius 3 is 2.50 bits per heavy atom. The summed E-state index contributed by atoms with van der Waals surface area (Å²) in [6.45, 7) is 3.23. The standard InChI is InChI=1S/C13H16FN3O2S/c1-9-13(10(2)16-15-9)20(18,19)17(3)8-11-6-4-5-7-12(11)14/h4-7H,8H2,1-3H3,(H,15,16). The van der Waals surface area contributed by atoms with Gasteiger partial charge in [-0.2, -0.15) is 9.40 Å². The summed E-state index contributed by atoms with van der Waals surface area (Å²) < 4.78 is 39.7. The molecule has 0 atom stereocenters. The maximum absolute atomic E-state index is 13.6. The molecule has 0 saturated carbocycles. The molecule has 0 aliphatic carbocycles. The Balaban J connectivity index is 2.34. The number of halogens is 1. The van der Waals surface area contributed by atoms with E-state index in [-0.39, 0.29) is 11.4 Å². The van der Waals surface area contributed by atoms with Crippen LogP contribution in [0.4, 0.5) is 4.39 Å². The zero-order valence-corrected chi connectivity index (χ0v) is 12.3. The van der Waals surface area contributed by atoms with Crippen molar-refractivity contribution in [1.82, 2.24) is 14.5 Å². The first kappa shape index (κ1) is 14.7. The third-order valence-electron chi connectivity index (χ3n) is 3.08. The second-order valence-electron chi connectivity index (χ2n) is 4.62. The highest BCUT2D eigenvalue weighted by Crippen LogP contribution is 2.22. The lowest BCUT2D eigenvalue weighted by atomic mass is 10.2. The van der Waals surface area contributed by atoms with Gasteiger partial charge < -0.3 is 0 Å². The highest BCUT2D eigenvalue weighted by atomic mass is 32.2. The highest BCUT2D eigenvalue weighted by Gasteiger charge is 2.27.